The molecule has 1 fully saturated rings. The van der Waals surface area contributed by atoms with E-state index in [0.29, 0.717) is 17.5 Å². The molecule has 1 aliphatic heterocycles. The van der Waals surface area contributed by atoms with Gasteiger partial charge in [0, 0.05) is 19.1 Å². The fourth-order valence-corrected chi connectivity index (χ4v) is 2.90. The minimum absolute atomic E-state index is 0.298. The highest BCUT2D eigenvalue weighted by Gasteiger charge is 2.20. The predicted octanol–water partition coefficient (Wildman–Crippen LogP) is 3.20. The van der Waals surface area contributed by atoms with Crippen molar-refractivity contribution < 1.29 is 9.84 Å². The molecular weight excluding hydrogens is 274 g/mol. The third-order valence-corrected chi connectivity index (χ3v) is 4.11. The minimum atomic E-state index is 0.298. The van der Waals surface area contributed by atoms with Crippen molar-refractivity contribution in [2.75, 3.05) is 32.8 Å². The molecule has 1 saturated heterocycles. The van der Waals surface area contributed by atoms with Crippen LogP contribution < -0.4 is 4.74 Å². The molecule has 1 aromatic carbocycles. The van der Waals surface area contributed by atoms with Gasteiger partial charge in [0.25, 0.3) is 0 Å². The van der Waals surface area contributed by atoms with Gasteiger partial charge in [-0.2, -0.15) is 0 Å². The molecule has 1 aliphatic rings. The average molecular weight is 298 g/mol. The van der Waals surface area contributed by atoms with Crippen LogP contribution in [-0.4, -0.2) is 42.9 Å². The molecule has 112 valence electrons. The number of nitrogens with zero attached hydrogens (tertiary/aromatic N) is 1. The summed E-state index contributed by atoms with van der Waals surface area (Å²) in [4.78, 5) is 2.49. The van der Waals surface area contributed by atoms with Gasteiger partial charge in [-0.05, 0) is 50.9 Å². The fraction of sp³-hybridized carbons (Fsp3) is 0.625. The molecule has 20 heavy (non-hydrogen) atoms. The SMILES string of the molecule is OCCCCN1CCCC(COc2ccccc2Cl)C1. The van der Waals surface area contributed by atoms with Crippen LogP contribution in [0.5, 0.6) is 5.75 Å². The summed E-state index contributed by atoms with van der Waals surface area (Å²) in [5, 5.41) is 9.52. The molecule has 2 rings (SSSR count). The van der Waals surface area contributed by atoms with Gasteiger partial charge in [-0.15, -0.1) is 0 Å². The number of benzene rings is 1. The second-order valence-electron chi connectivity index (χ2n) is 5.48. The first-order chi connectivity index (χ1) is 9.79. The molecule has 0 amide bonds. The lowest BCUT2D eigenvalue weighted by Gasteiger charge is -2.32. The molecule has 4 heteroatoms. The van der Waals surface area contributed by atoms with Crippen LogP contribution in [0.25, 0.3) is 0 Å². The van der Waals surface area contributed by atoms with E-state index in [4.69, 9.17) is 21.4 Å². The number of likely N-dealkylation sites (tertiary alicyclic amines) is 1. The number of unbranched alkanes of at least 4 members (excludes halogenated alkanes) is 1. The summed E-state index contributed by atoms with van der Waals surface area (Å²) >= 11 is 6.10. The van der Waals surface area contributed by atoms with Gasteiger partial charge < -0.3 is 14.7 Å². The van der Waals surface area contributed by atoms with Crippen molar-refractivity contribution in [3.63, 3.8) is 0 Å². The zero-order valence-corrected chi connectivity index (χ0v) is 12.7. The summed E-state index contributed by atoms with van der Waals surface area (Å²) in [6.45, 7) is 4.39. The highest BCUT2D eigenvalue weighted by molar-refractivity contribution is 6.32. The van der Waals surface area contributed by atoms with Crippen molar-refractivity contribution in [2.24, 2.45) is 5.92 Å². The van der Waals surface area contributed by atoms with Crippen LogP contribution in [-0.2, 0) is 0 Å². The summed E-state index contributed by atoms with van der Waals surface area (Å²) in [5.74, 6) is 1.36. The van der Waals surface area contributed by atoms with E-state index in [1.807, 2.05) is 24.3 Å². The van der Waals surface area contributed by atoms with Crippen LogP contribution in [0.2, 0.25) is 5.02 Å². The van der Waals surface area contributed by atoms with Gasteiger partial charge in [-0.1, -0.05) is 23.7 Å². The third kappa shape index (κ3) is 4.97. The quantitative estimate of drug-likeness (QED) is 0.785. The van der Waals surface area contributed by atoms with Gasteiger partial charge in [0.05, 0.1) is 11.6 Å². The lowest BCUT2D eigenvalue weighted by atomic mass is 9.99. The normalized spacial score (nSPS) is 20.0. The maximum Gasteiger partial charge on any atom is 0.137 e. The first kappa shape index (κ1) is 15.6. The highest BCUT2D eigenvalue weighted by atomic mass is 35.5. The van der Waals surface area contributed by atoms with Crippen molar-refractivity contribution in [1.29, 1.82) is 0 Å². The number of para-hydroxylation sites is 1. The maximum absolute atomic E-state index is 8.83. The van der Waals surface area contributed by atoms with Gasteiger partial charge in [-0.25, -0.2) is 0 Å². The predicted molar refractivity (Wildman–Crippen MR) is 82.4 cm³/mol. The van der Waals surface area contributed by atoms with E-state index in [0.717, 1.165) is 38.3 Å². The second kappa shape index (κ2) is 8.50. The Hall–Kier alpha value is -0.770. The largest absolute Gasteiger partial charge is 0.492 e. The molecule has 0 aromatic heterocycles. The van der Waals surface area contributed by atoms with Crippen molar-refractivity contribution >= 4 is 11.6 Å². The summed E-state index contributed by atoms with van der Waals surface area (Å²) in [6, 6.07) is 7.64. The number of hydrogen-bond donors (Lipinski definition) is 1. The topological polar surface area (TPSA) is 32.7 Å². The van der Waals surface area contributed by atoms with Gasteiger partial charge in [0.2, 0.25) is 0 Å². The number of rotatable bonds is 7. The number of aliphatic hydroxyl groups is 1. The minimum Gasteiger partial charge on any atom is -0.492 e. The fourth-order valence-electron chi connectivity index (χ4n) is 2.71. The zero-order valence-electron chi connectivity index (χ0n) is 11.9. The van der Waals surface area contributed by atoms with E-state index in [9.17, 15) is 0 Å². The first-order valence-corrected chi connectivity index (χ1v) is 7.88. The number of ether oxygens (including phenoxy) is 1. The number of hydrogen-bond acceptors (Lipinski definition) is 3. The molecule has 0 radical (unpaired) electrons. The Morgan fingerprint density at radius 2 is 2.15 bits per heavy atom. The van der Waals surface area contributed by atoms with Crippen molar-refractivity contribution in [3.8, 4) is 5.75 Å². The molecule has 0 aliphatic carbocycles. The molecule has 0 saturated carbocycles. The second-order valence-corrected chi connectivity index (χ2v) is 5.89. The Bertz CT molecular complexity index is 400. The Labute approximate surface area is 126 Å². The van der Waals surface area contributed by atoms with Crippen LogP contribution in [0, 0.1) is 5.92 Å². The summed E-state index contributed by atoms with van der Waals surface area (Å²) < 4.78 is 5.85. The van der Waals surface area contributed by atoms with E-state index in [1.165, 1.54) is 19.4 Å². The molecule has 0 bridgehead atoms. The molecule has 1 aromatic rings. The highest BCUT2D eigenvalue weighted by Crippen LogP contribution is 2.25. The van der Waals surface area contributed by atoms with E-state index in [-0.39, 0.29) is 0 Å². The smallest absolute Gasteiger partial charge is 0.137 e. The molecule has 1 atom stereocenters. The standard InChI is InChI=1S/C16H24ClNO2/c17-15-7-1-2-8-16(15)20-13-14-6-5-10-18(12-14)9-3-4-11-19/h1-2,7-8,14,19H,3-6,9-13H2. The van der Waals surface area contributed by atoms with Gasteiger partial charge >= 0.3 is 0 Å². The van der Waals surface area contributed by atoms with Gasteiger partial charge in [-0.3, -0.25) is 0 Å². The molecule has 1 unspecified atom stereocenters. The monoisotopic (exact) mass is 297 g/mol. The van der Waals surface area contributed by atoms with E-state index >= 15 is 0 Å². The van der Waals surface area contributed by atoms with Crippen LogP contribution >= 0.6 is 11.6 Å². The molecule has 1 N–H and O–H groups in total. The number of halogens is 1. The lowest BCUT2D eigenvalue weighted by molar-refractivity contribution is 0.126. The average Bonchev–Trinajstić information content (AvgIpc) is 2.47. The molecule has 3 nitrogen and oxygen atoms in total. The zero-order chi connectivity index (χ0) is 14.2. The van der Waals surface area contributed by atoms with E-state index in [2.05, 4.69) is 4.90 Å². The Balaban J connectivity index is 1.74. The van der Waals surface area contributed by atoms with Crippen LogP contribution in [0.3, 0.4) is 0 Å². The third-order valence-electron chi connectivity index (χ3n) is 3.80. The Kier molecular flexibility index (Phi) is 6.64. The van der Waals surface area contributed by atoms with Gasteiger partial charge in [0.15, 0.2) is 0 Å². The summed E-state index contributed by atoms with van der Waals surface area (Å²) in [6.07, 6.45) is 4.43. The van der Waals surface area contributed by atoms with Crippen LogP contribution in [0.15, 0.2) is 24.3 Å². The summed E-state index contributed by atoms with van der Waals surface area (Å²) in [7, 11) is 0. The van der Waals surface area contributed by atoms with Crippen molar-refractivity contribution in [3.05, 3.63) is 29.3 Å². The van der Waals surface area contributed by atoms with E-state index in [1.54, 1.807) is 0 Å². The Morgan fingerprint density at radius 1 is 1.30 bits per heavy atom. The summed E-state index contributed by atoms with van der Waals surface area (Å²) in [5.41, 5.74) is 0. The Morgan fingerprint density at radius 3 is 2.95 bits per heavy atom. The van der Waals surface area contributed by atoms with Crippen molar-refractivity contribution in [2.45, 2.75) is 25.7 Å². The molecule has 1 heterocycles. The number of piperidine rings is 1. The molecular formula is C16H24ClNO2. The van der Waals surface area contributed by atoms with Gasteiger partial charge in [0.1, 0.15) is 5.75 Å². The molecule has 0 spiro atoms. The maximum atomic E-state index is 8.83. The number of aliphatic hydroxyl groups excluding tert-OH is 1. The van der Waals surface area contributed by atoms with Crippen LogP contribution in [0.4, 0.5) is 0 Å². The van der Waals surface area contributed by atoms with Crippen molar-refractivity contribution in [1.82, 2.24) is 4.90 Å². The van der Waals surface area contributed by atoms with E-state index < -0.39 is 0 Å². The first-order valence-electron chi connectivity index (χ1n) is 7.50. The lowest BCUT2D eigenvalue weighted by Crippen LogP contribution is -2.38. The van der Waals surface area contributed by atoms with Crippen LogP contribution in [0.1, 0.15) is 25.7 Å².